The smallest absolute Gasteiger partial charge is 0.263 e. The van der Waals surface area contributed by atoms with E-state index in [4.69, 9.17) is 5.73 Å². The Hall–Kier alpha value is -1.79. The Kier molecular flexibility index (Phi) is 3.98. The van der Waals surface area contributed by atoms with Gasteiger partial charge in [-0.1, -0.05) is 24.3 Å². The second-order valence-electron chi connectivity index (χ2n) is 5.23. The lowest BCUT2D eigenvalue weighted by atomic mass is 10.0. The summed E-state index contributed by atoms with van der Waals surface area (Å²) >= 11 is 0. The van der Waals surface area contributed by atoms with Crippen molar-refractivity contribution in [3.05, 3.63) is 53.6 Å². The summed E-state index contributed by atoms with van der Waals surface area (Å²) in [4.78, 5) is 6.59. The molecule has 0 bridgehead atoms. The van der Waals surface area contributed by atoms with E-state index in [-0.39, 0.29) is 11.6 Å². The molecule has 21 heavy (non-hydrogen) atoms. The molecule has 2 N–H and O–H groups in total. The second-order valence-corrected chi connectivity index (χ2v) is 5.23. The third-order valence-corrected chi connectivity index (χ3v) is 4.01. The number of hydrogen-bond acceptors (Lipinski definition) is 3. The van der Waals surface area contributed by atoms with Gasteiger partial charge in [-0.2, -0.15) is 0 Å². The molecule has 0 fully saturated rings. The Labute approximate surface area is 122 Å². The molecule has 0 saturated heterocycles. The number of hydrogen-bond donors (Lipinski definition) is 1. The summed E-state index contributed by atoms with van der Waals surface area (Å²) in [7, 11) is 0. The molecule has 112 valence electrons. The van der Waals surface area contributed by atoms with E-state index < -0.39 is 6.43 Å². The first-order valence-electron chi connectivity index (χ1n) is 7.01. The van der Waals surface area contributed by atoms with Gasteiger partial charge in [0.2, 0.25) is 0 Å². The number of alkyl halides is 2. The molecular weight excluding hydrogens is 274 g/mol. The summed E-state index contributed by atoms with van der Waals surface area (Å²) in [6.07, 6.45) is 1.34. The number of benzene rings is 1. The number of nitrogens with zero attached hydrogens (tertiary/aromatic N) is 3. The van der Waals surface area contributed by atoms with Gasteiger partial charge >= 0.3 is 0 Å². The fraction of sp³-hybridized carbons (Fsp3) is 0.400. The third kappa shape index (κ3) is 2.82. The number of aromatic nitrogens is 2. The average molecular weight is 292 g/mol. The number of rotatable bonds is 4. The lowest BCUT2D eigenvalue weighted by Crippen LogP contribution is -2.39. The number of imidazole rings is 1. The van der Waals surface area contributed by atoms with Crippen LogP contribution in [0.2, 0.25) is 0 Å². The zero-order chi connectivity index (χ0) is 14.8. The van der Waals surface area contributed by atoms with Gasteiger partial charge in [-0.05, 0) is 5.56 Å². The average Bonchev–Trinajstić information content (AvgIpc) is 2.96. The van der Waals surface area contributed by atoms with Gasteiger partial charge in [-0.15, -0.1) is 0 Å². The predicted octanol–water partition coefficient (Wildman–Crippen LogP) is 2.34. The van der Waals surface area contributed by atoms with E-state index in [1.165, 1.54) is 12.1 Å². The first-order chi connectivity index (χ1) is 10.2. The van der Waals surface area contributed by atoms with Crippen LogP contribution >= 0.6 is 0 Å². The maximum absolute atomic E-state index is 12.6. The van der Waals surface area contributed by atoms with Crippen LogP contribution in [0.15, 0.2) is 36.7 Å². The minimum Gasteiger partial charge on any atom is -0.333 e. The number of nitrogens with two attached hydrogens (primary N) is 1. The van der Waals surface area contributed by atoms with Crippen LogP contribution in [0.1, 0.15) is 29.4 Å². The van der Waals surface area contributed by atoms with E-state index in [2.05, 4.69) is 14.5 Å². The lowest BCUT2D eigenvalue weighted by molar-refractivity contribution is 0.150. The lowest BCUT2D eigenvalue weighted by Gasteiger charge is -2.34. The highest BCUT2D eigenvalue weighted by molar-refractivity contribution is 5.26. The highest BCUT2D eigenvalue weighted by Gasteiger charge is 2.24. The van der Waals surface area contributed by atoms with E-state index in [0.717, 1.165) is 31.0 Å². The Morgan fingerprint density at radius 1 is 1.14 bits per heavy atom. The standard InChI is InChI=1S/C15H18F2N4/c16-15(17)12-3-1-11(2-4-12)13(9-18)21-8-7-20-6-5-19-14(20)10-21/h1-6,13,15H,7-10,18H2. The third-order valence-electron chi connectivity index (χ3n) is 4.01. The van der Waals surface area contributed by atoms with Crippen molar-refractivity contribution in [2.45, 2.75) is 25.6 Å². The minimum absolute atomic E-state index is 0.0298. The van der Waals surface area contributed by atoms with Gasteiger partial charge in [0, 0.05) is 43.6 Å². The van der Waals surface area contributed by atoms with Crippen LogP contribution in [0, 0.1) is 0 Å². The molecule has 3 rings (SSSR count). The van der Waals surface area contributed by atoms with E-state index >= 15 is 0 Å². The molecule has 1 aromatic carbocycles. The van der Waals surface area contributed by atoms with Crippen LogP contribution in [-0.4, -0.2) is 27.5 Å². The van der Waals surface area contributed by atoms with Crippen molar-refractivity contribution in [3.8, 4) is 0 Å². The highest BCUT2D eigenvalue weighted by atomic mass is 19.3. The van der Waals surface area contributed by atoms with E-state index in [9.17, 15) is 8.78 Å². The summed E-state index contributed by atoms with van der Waals surface area (Å²) in [5.74, 6) is 1.02. The summed E-state index contributed by atoms with van der Waals surface area (Å²) in [6.45, 7) is 2.93. The molecule has 0 saturated carbocycles. The molecular formula is C15H18F2N4. The van der Waals surface area contributed by atoms with Gasteiger partial charge in [-0.3, -0.25) is 4.90 Å². The van der Waals surface area contributed by atoms with Crippen molar-refractivity contribution < 1.29 is 8.78 Å². The zero-order valence-corrected chi connectivity index (χ0v) is 11.6. The van der Waals surface area contributed by atoms with Crippen LogP contribution in [0.5, 0.6) is 0 Å². The topological polar surface area (TPSA) is 47.1 Å². The fourth-order valence-corrected chi connectivity index (χ4v) is 2.82. The Bertz CT molecular complexity index is 594. The quantitative estimate of drug-likeness (QED) is 0.941. The SMILES string of the molecule is NCC(c1ccc(C(F)F)cc1)N1CCn2ccnc2C1. The molecule has 0 radical (unpaired) electrons. The first-order valence-corrected chi connectivity index (χ1v) is 7.01. The van der Waals surface area contributed by atoms with Crippen molar-refractivity contribution in [3.63, 3.8) is 0 Å². The molecule has 0 aliphatic carbocycles. The van der Waals surface area contributed by atoms with Crippen molar-refractivity contribution >= 4 is 0 Å². The summed E-state index contributed by atoms with van der Waals surface area (Å²) in [6, 6.07) is 6.49. The van der Waals surface area contributed by atoms with Crippen molar-refractivity contribution in [2.75, 3.05) is 13.1 Å². The van der Waals surface area contributed by atoms with Crippen molar-refractivity contribution in [1.82, 2.24) is 14.5 Å². The largest absolute Gasteiger partial charge is 0.333 e. The molecule has 2 heterocycles. The molecule has 1 unspecified atom stereocenters. The maximum Gasteiger partial charge on any atom is 0.263 e. The van der Waals surface area contributed by atoms with Gasteiger partial charge in [0.25, 0.3) is 6.43 Å². The molecule has 2 aromatic rings. The predicted molar refractivity (Wildman–Crippen MR) is 75.8 cm³/mol. The number of fused-ring (bicyclic) bond motifs is 1. The van der Waals surface area contributed by atoms with E-state index in [0.29, 0.717) is 6.54 Å². The zero-order valence-electron chi connectivity index (χ0n) is 11.6. The number of halogens is 2. The normalized spacial score (nSPS) is 17.0. The highest BCUT2D eigenvalue weighted by Crippen LogP contribution is 2.26. The molecule has 0 spiro atoms. The molecule has 0 amide bonds. The van der Waals surface area contributed by atoms with Gasteiger partial charge in [-0.25, -0.2) is 13.8 Å². The Balaban J connectivity index is 1.79. The molecule has 1 atom stereocenters. The maximum atomic E-state index is 12.6. The molecule has 4 nitrogen and oxygen atoms in total. The molecule has 1 aliphatic rings. The van der Waals surface area contributed by atoms with Gasteiger partial charge in [0.1, 0.15) is 5.82 Å². The van der Waals surface area contributed by atoms with Crippen LogP contribution in [0.4, 0.5) is 8.78 Å². The van der Waals surface area contributed by atoms with Crippen LogP contribution in [-0.2, 0) is 13.1 Å². The minimum atomic E-state index is -2.43. The monoisotopic (exact) mass is 292 g/mol. The van der Waals surface area contributed by atoms with Gasteiger partial charge in [0.05, 0.1) is 6.54 Å². The van der Waals surface area contributed by atoms with Gasteiger partial charge in [0.15, 0.2) is 0 Å². The fourth-order valence-electron chi connectivity index (χ4n) is 2.82. The summed E-state index contributed by atoms with van der Waals surface area (Å²) in [5.41, 5.74) is 6.93. The van der Waals surface area contributed by atoms with Crippen LogP contribution < -0.4 is 5.73 Å². The van der Waals surface area contributed by atoms with Crippen LogP contribution in [0.3, 0.4) is 0 Å². The van der Waals surface area contributed by atoms with E-state index in [1.807, 2.05) is 6.20 Å². The molecule has 6 heteroatoms. The van der Waals surface area contributed by atoms with Crippen molar-refractivity contribution in [1.29, 1.82) is 0 Å². The summed E-state index contributed by atoms with van der Waals surface area (Å²) < 4.78 is 27.4. The van der Waals surface area contributed by atoms with E-state index in [1.54, 1.807) is 18.3 Å². The molecule has 1 aromatic heterocycles. The van der Waals surface area contributed by atoms with Crippen molar-refractivity contribution in [2.24, 2.45) is 5.73 Å². The van der Waals surface area contributed by atoms with Gasteiger partial charge < -0.3 is 10.3 Å². The van der Waals surface area contributed by atoms with Crippen LogP contribution in [0.25, 0.3) is 0 Å². The summed E-state index contributed by atoms with van der Waals surface area (Å²) in [5, 5.41) is 0. The molecule has 1 aliphatic heterocycles. The Morgan fingerprint density at radius 2 is 1.86 bits per heavy atom. The second kappa shape index (κ2) is 5.91. The Morgan fingerprint density at radius 3 is 2.52 bits per heavy atom. The first kappa shape index (κ1) is 14.2.